The summed E-state index contributed by atoms with van der Waals surface area (Å²) in [7, 11) is 0. The molecule has 1 aromatic carbocycles. The number of esters is 2. The van der Waals surface area contributed by atoms with Crippen molar-refractivity contribution in [2.24, 2.45) is 5.41 Å². The lowest BCUT2D eigenvalue weighted by Crippen LogP contribution is -2.38. The Bertz CT molecular complexity index is 423. The van der Waals surface area contributed by atoms with Gasteiger partial charge in [-0.3, -0.25) is 9.59 Å². The summed E-state index contributed by atoms with van der Waals surface area (Å²) < 4.78 is 10.2. The van der Waals surface area contributed by atoms with E-state index in [9.17, 15) is 9.59 Å². The Morgan fingerprint density at radius 3 is 2.32 bits per heavy atom. The minimum absolute atomic E-state index is 0.331. The van der Waals surface area contributed by atoms with Crippen molar-refractivity contribution in [2.75, 3.05) is 6.61 Å². The van der Waals surface area contributed by atoms with E-state index in [1.54, 1.807) is 24.3 Å². The SMILES string of the molecule is CCCCOC(=O)C(C)(C)C(=O)Oc1ccccc1. The fraction of sp³-hybridized carbons (Fsp3) is 0.467. The molecule has 0 saturated heterocycles. The molecule has 19 heavy (non-hydrogen) atoms. The molecule has 0 bridgehead atoms. The smallest absolute Gasteiger partial charge is 0.328 e. The van der Waals surface area contributed by atoms with Crippen LogP contribution in [0, 0.1) is 5.41 Å². The fourth-order valence-corrected chi connectivity index (χ4v) is 1.30. The van der Waals surface area contributed by atoms with E-state index >= 15 is 0 Å². The number of carbonyl (C=O) groups excluding carboxylic acids is 2. The summed E-state index contributed by atoms with van der Waals surface area (Å²) in [4.78, 5) is 23.8. The standard InChI is InChI=1S/C15H20O4/c1-4-5-11-18-13(16)15(2,3)14(17)19-12-9-7-6-8-10-12/h6-10H,4-5,11H2,1-3H3. The number of hydrogen-bond donors (Lipinski definition) is 0. The molecule has 0 fully saturated rings. The van der Waals surface area contributed by atoms with Gasteiger partial charge in [0.2, 0.25) is 0 Å². The number of para-hydroxylation sites is 1. The lowest BCUT2D eigenvalue weighted by Gasteiger charge is -2.20. The lowest BCUT2D eigenvalue weighted by molar-refractivity contribution is -0.164. The summed E-state index contributed by atoms with van der Waals surface area (Å²) in [6, 6.07) is 8.67. The van der Waals surface area contributed by atoms with E-state index < -0.39 is 17.4 Å². The molecule has 0 spiro atoms. The van der Waals surface area contributed by atoms with Crippen LogP contribution in [0.4, 0.5) is 0 Å². The van der Waals surface area contributed by atoms with E-state index in [1.807, 2.05) is 13.0 Å². The van der Waals surface area contributed by atoms with Crippen molar-refractivity contribution in [1.82, 2.24) is 0 Å². The van der Waals surface area contributed by atoms with Gasteiger partial charge in [0.05, 0.1) is 6.61 Å². The predicted molar refractivity (Wildman–Crippen MR) is 71.7 cm³/mol. The average molecular weight is 264 g/mol. The Labute approximate surface area is 113 Å². The van der Waals surface area contributed by atoms with Crippen LogP contribution in [-0.4, -0.2) is 18.5 Å². The van der Waals surface area contributed by atoms with Crippen LogP contribution in [-0.2, 0) is 14.3 Å². The van der Waals surface area contributed by atoms with Gasteiger partial charge in [-0.2, -0.15) is 0 Å². The molecular weight excluding hydrogens is 244 g/mol. The van der Waals surface area contributed by atoms with Crippen LogP contribution in [0.2, 0.25) is 0 Å². The highest BCUT2D eigenvalue weighted by Crippen LogP contribution is 2.22. The molecule has 0 heterocycles. The average Bonchev–Trinajstić information content (AvgIpc) is 2.40. The summed E-state index contributed by atoms with van der Waals surface area (Å²) in [5.74, 6) is -0.746. The first-order valence-electron chi connectivity index (χ1n) is 6.43. The van der Waals surface area contributed by atoms with Gasteiger partial charge in [0.25, 0.3) is 0 Å². The molecule has 0 N–H and O–H groups in total. The molecule has 0 atom stereocenters. The Kier molecular flexibility index (Phi) is 5.55. The molecule has 104 valence electrons. The van der Waals surface area contributed by atoms with Crippen molar-refractivity contribution < 1.29 is 19.1 Å². The molecule has 0 amide bonds. The lowest BCUT2D eigenvalue weighted by atomic mass is 9.94. The third-order valence-electron chi connectivity index (χ3n) is 2.71. The first kappa shape index (κ1) is 15.2. The molecule has 0 aliphatic rings. The molecule has 1 aromatic rings. The molecule has 0 unspecified atom stereocenters. The summed E-state index contributed by atoms with van der Waals surface area (Å²) in [5.41, 5.74) is -1.30. The van der Waals surface area contributed by atoms with E-state index in [0.717, 1.165) is 12.8 Å². The number of benzene rings is 1. The zero-order valence-electron chi connectivity index (χ0n) is 11.6. The largest absolute Gasteiger partial charge is 0.465 e. The van der Waals surface area contributed by atoms with Gasteiger partial charge < -0.3 is 9.47 Å². The number of ether oxygens (including phenoxy) is 2. The van der Waals surface area contributed by atoms with Gasteiger partial charge in [0, 0.05) is 0 Å². The maximum Gasteiger partial charge on any atom is 0.328 e. The molecule has 4 nitrogen and oxygen atoms in total. The van der Waals surface area contributed by atoms with Crippen molar-refractivity contribution in [2.45, 2.75) is 33.6 Å². The van der Waals surface area contributed by atoms with Gasteiger partial charge in [-0.1, -0.05) is 31.5 Å². The zero-order chi connectivity index (χ0) is 14.3. The minimum Gasteiger partial charge on any atom is -0.465 e. The number of carbonyl (C=O) groups is 2. The van der Waals surface area contributed by atoms with Crippen LogP contribution >= 0.6 is 0 Å². The fourth-order valence-electron chi connectivity index (χ4n) is 1.30. The van der Waals surface area contributed by atoms with Crippen LogP contribution < -0.4 is 4.74 Å². The maximum atomic E-state index is 12.0. The monoisotopic (exact) mass is 264 g/mol. The Morgan fingerprint density at radius 1 is 1.11 bits per heavy atom. The first-order valence-corrected chi connectivity index (χ1v) is 6.43. The number of unbranched alkanes of at least 4 members (excludes halogenated alkanes) is 1. The quantitative estimate of drug-likeness (QED) is 0.343. The molecule has 0 saturated carbocycles. The number of rotatable bonds is 6. The van der Waals surface area contributed by atoms with Gasteiger partial charge in [-0.15, -0.1) is 0 Å². The highest BCUT2D eigenvalue weighted by atomic mass is 16.6. The third kappa shape index (κ3) is 4.39. The van der Waals surface area contributed by atoms with Crippen LogP contribution in [0.25, 0.3) is 0 Å². The van der Waals surface area contributed by atoms with Gasteiger partial charge in [-0.05, 0) is 32.4 Å². The first-order chi connectivity index (χ1) is 8.98. The van der Waals surface area contributed by atoms with E-state index in [1.165, 1.54) is 13.8 Å². The summed E-state index contributed by atoms with van der Waals surface area (Å²) in [6.07, 6.45) is 1.72. The second-order valence-corrected chi connectivity index (χ2v) is 4.82. The molecule has 1 rings (SSSR count). The highest BCUT2D eigenvalue weighted by Gasteiger charge is 2.39. The van der Waals surface area contributed by atoms with Crippen molar-refractivity contribution in [3.8, 4) is 5.75 Å². The van der Waals surface area contributed by atoms with Crippen LogP contribution in [0.1, 0.15) is 33.6 Å². The Balaban J connectivity index is 2.60. The van der Waals surface area contributed by atoms with E-state index in [-0.39, 0.29) is 0 Å². The van der Waals surface area contributed by atoms with Gasteiger partial charge in [0.1, 0.15) is 5.75 Å². The van der Waals surface area contributed by atoms with Crippen LogP contribution in [0.15, 0.2) is 30.3 Å². The minimum atomic E-state index is -1.30. The van der Waals surface area contributed by atoms with Crippen molar-refractivity contribution in [3.63, 3.8) is 0 Å². The molecular formula is C15H20O4. The van der Waals surface area contributed by atoms with Crippen LogP contribution in [0.3, 0.4) is 0 Å². The highest BCUT2D eigenvalue weighted by molar-refractivity contribution is 5.99. The van der Waals surface area contributed by atoms with Gasteiger partial charge in [0.15, 0.2) is 5.41 Å². The van der Waals surface area contributed by atoms with E-state index in [2.05, 4.69) is 0 Å². The Morgan fingerprint density at radius 2 is 1.74 bits per heavy atom. The summed E-state index contributed by atoms with van der Waals surface area (Å²) >= 11 is 0. The van der Waals surface area contributed by atoms with E-state index in [4.69, 9.17) is 9.47 Å². The van der Waals surface area contributed by atoms with Crippen molar-refractivity contribution in [3.05, 3.63) is 30.3 Å². The van der Waals surface area contributed by atoms with Crippen LogP contribution in [0.5, 0.6) is 5.75 Å². The summed E-state index contributed by atoms with van der Waals surface area (Å²) in [6.45, 7) is 5.35. The van der Waals surface area contributed by atoms with Gasteiger partial charge in [-0.25, -0.2) is 0 Å². The zero-order valence-corrected chi connectivity index (χ0v) is 11.6. The number of hydrogen-bond acceptors (Lipinski definition) is 4. The Hall–Kier alpha value is -1.84. The second-order valence-electron chi connectivity index (χ2n) is 4.82. The summed E-state index contributed by atoms with van der Waals surface area (Å²) in [5, 5.41) is 0. The molecule has 4 heteroatoms. The topological polar surface area (TPSA) is 52.6 Å². The molecule has 0 radical (unpaired) electrons. The third-order valence-corrected chi connectivity index (χ3v) is 2.71. The normalized spacial score (nSPS) is 10.9. The maximum absolute atomic E-state index is 12.0. The van der Waals surface area contributed by atoms with Crippen molar-refractivity contribution in [1.29, 1.82) is 0 Å². The molecule has 0 aliphatic carbocycles. The van der Waals surface area contributed by atoms with Crippen molar-refractivity contribution >= 4 is 11.9 Å². The molecule has 0 aliphatic heterocycles. The second kappa shape index (κ2) is 6.92. The predicted octanol–water partition coefficient (Wildman–Crippen LogP) is 2.96. The molecule has 0 aromatic heterocycles. The van der Waals surface area contributed by atoms with E-state index in [0.29, 0.717) is 12.4 Å². The van der Waals surface area contributed by atoms with Gasteiger partial charge >= 0.3 is 11.9 Å².